The van der Waals surface area contributed by atoms with Gasteiger partial charge in [0.25, 0.3) is 0 Å². The van der Waals surface area contributed by atoms with E-state index in [0.29, 0.717) is 18.4 Å². The molecule has 2 nitrogen and oxygen atoms in total. The second kappa shape index (κ2) is 6.29. The van der Waals surface area contributed by atoms with E-state index in [0.717, 1.165) is 19.3 Å². The smallest absolute Gasteiger partial charge is 0.274 e. The number of hydrogen-bond acceptors (Lipinski definition) is 1. The number of amides is 1. The van der Waals surface area contributed by atoms with Crippen LogP contribution in [0.3, 0.4) is 0 Å². The zero-order chi connectivity index (χ0) is 14.6. The Bertz CT molecular complexity index is 438. The molecule has 1 saturated carbocycles. The molecule has 0 unspecified atom stereocenters. The number of nitrogens with zero attached hydrogens (tertiary/aromatic N) is 1. The lowest BCUT2D eigenvalue weighted by molar-refractivity contribution is -0.246. The quantitative estimate of drug-likeness (QED) is 0.765. The zero-order valence-electron chi connectivity index (χ0n) is 11.2. The number of halogens is 3. The predicted octanol–water partition coefficient (Wildman–Crippen LogP) is 4.12. The summed E-state index contributed by atoms with van der Waals surface area (Å²) in [5.41, 5.74) is 0.494. The second-order valence-electron chi connectivity index (χ2n) is 5.21. The van der Waals surface area contributed by atoms with Crippen molar-refractivity contribution < 1.29 is 18.0 Å². The topological polar surface area (TPSA) is 20.3 Å². The maximum atomic E-state index is 13.1. The fourth-order valence-electron chi connectivity index (χ4n) is 2.63. The number of hydrogen-bond donors (Lipinski definition) is 0. The van der Waals surface area contributed by atoms with Crippen molar-refractivity contribution in [2.45, 2.75) is 44.9 Å². The molecule has 1 amide bonds. The Hall–Kier alpha value is -1.52. The first kappa shape index (κ1) is 14.9. The van der Waals surface area contributed by atoms with Gasteiger partial charge in [0.05, 0.1) is 6.54 Å². The summed E-state index contributed by atoms with van der Waals surface area (Å²) in [6.45, 7) is -0.403. The minimum absolute atomic E-state index is 0.0678. The number of carbonyl (C=O) groups is 1. The van der Waals surface area contributed by atoms with E-state index in [9.17, 15) is 18.0 Å². The molecule has 0 atom stereocenters. The lowest BCUT2D eigenvalue weighted by Crippen LogP contribution is -2.45. The molecule has 0 bridgehead atoms. The van der Waals surface area contributed by atoms with E-state index in [1.165, 1.54) is 0 Å². The lowest BCUT2D eigenvalue weighted by Gasteiger charge is -2.30. The molecule has 0 heterocycles. The van der Waals surface area contributed by atoms with Gasteiger partial charge in [0.15, 0.2) is 0 Å². The highest BCUT2D eigenvalue weighted by molar-refractivity contribution is 5.79. The van der Waals surface area contributed by atoms with E-state index < -0.39 is 24.7 Å². The van der Waals surface area contributed by atoms with Crippen LogP contribution in [0, 0.1) is 5.92 Å². The lowest BCUT2D eigenvalue weighted by atomic mass is 9.88. The molecule has 0 aromatic heterocycles. The number of benzene rings is 1. The average molecular weight is 285 g/mol. The first-order valence-electron chi connectivity index (χ1n) is 6.90. The van der Waals surface area contributed by atoms with Crippen LogP contribution < -0.4 is 0 Å². The van der Waals surface area contributed by atoms with Gasteiger partial charge in [-0.05, 0) is 18.4 Å². The molecule has 20 heavy (non-hydrogen) atoms. The molecule has 1 aromatic carbocycles. The largest absolute Gasteiger partial charge is 0.487 e. The van der Waals surface area contributed by atoms with E-state index in [1.807, 2.05) is 0 Å². The van der Waals surface area contributed by atoms with Crippen LogP contribution in [-0.2, 0) is 11.3 Å². The number of carbonyl (C=O) groups excluding carboxylic acids is 1. The van der Waals surface area contributed by atoms with Crippen LogP contribution in [0.4, 0.5) is 13.2 Å². The Morgan fingerprint density at radius 2 is 1.70 bits per heavy atom. The molecule has 1 aromatic rings. The standard InChI is InChI=1S/C15H18F3NO/c16-15(17,18)19(11-12-7-3-1-4-8-12)14(20)13-9-5-2-6-10-13/h1,3-4,7-8,13H,2,5-6,9-11H2. The number of alkyl halides is 3. The van der Waals surface area contributed by atoms with Gasteiger partial charge in [0.1, 0.15) is 0 Å². The third kappa shape index (κ3) is 3.74. The minimum Gasteiger partial charge on any atom is -0.274 e. The minimum atomic E-state index is -4.62. The molecule has 2 rings (SSSR count). The first-order valence-corrected chi connectivity index (χ1v) is 6.90. The van der Waals surface area contributed by atoms with Crippen LogP contribution in [-0.4, -0.2) is 17.1 Å². The van der Waals surface area contributed by atoms with Crippen molar-refractivity contribution >= 4 is 5.91 Å². The van der Waals surface area contributed by atoms with E-state index in [2.05, 4.69) is 0 Å². The van der Waals surface area contributed by atoms with E-state index in [4.69, 9.17) is 0 Å². The van der Waals surface area contributed by atoms with Crippen LogP contribution in [0.5, 0.6) is 0 Å². The van der Waals surface area contributed by atoms with Gasteiger partial charge in [-0.15, -0.1) is 13.2 Å². The van der Waals surface area contributed by atoms with Crippen LogP contribution in [0.15, 0.2) is 30.3 Å². The van der Waals surface area contributed by atoms with Gasteiger partial charge < -0.3 is 0 Å². The molecule has 5 heteroatoms. The van der Waals surface area contributed by atoms with Crippen LogP contribution >= 0.6 is 0 Å². The Kier molecular flexibility index (Phi) is 4.68. The monoisotopic (exact) mass is 285 g/mol. The van der Waals surface area contributed by atoms with Crippen molar-refractivity contribution in [3.05, 3.63) is 35.9 Å². The van der Waals surface area contributed by atoms with Crippen molar-refractivity contribution in [1.82, 2.24) is 4.90 Å². The van der Waals surface area contributed by atoms with E-state index in [1.54, 1.807) is 30.3 Å². The average Bonchev–Trinajstić information content (AvgIpc) is 2.45. The van der Waals surface area contributed by atoms with Crippen molar-refractivity contribution in [1.29, 1.82) is 0 Å². The molecular weight excluding hydrogens is 267 g/mol. The zero-order valence-corrected chi connectivity index (χ0v) is 11.2. The fourth-order valence-corrected chi connectivity index (χ4v) is 2.63. The molecule has 0 N–H and O–H groups in total. The molecule has 0 spiro atoms. The number of rotatable bonds is 3. The fraction of sp³-hybridized carbons (Fsp3) is 0.533. The molecule has 0 aliphatic heterocycles. The van der Waals surface area contributed by atoms with Gasteiger partial charge in [0, 0.05) is 5.92 Å². The van der Waals surface area contributed by atoms with Gasteiger partial charge in [-0.25, -0.2) is 4.90 Å². The maximum Gasteiger partial charge on any atom is 0.487 e. The molecular formula is C15H18F3NO. The highest BCUT2D eigenvalue weighted by atomic mass is 19.4. The van der Waals surface area contributed by atoms with Crippen LogP contribution in [0.25, 0.3) is 0 Å². The van der Waals surface area contributed by atoms with Gasteiger partial charge >= 0.3 is 6.30 Å². The molecule has 1 fully saturated rings. The van der Waals surface area contributed by atoms with Gasteiger partial charge in [-0.2, -0.15) is 0 Å². The normalized spacial score (nSPS) is 16.9. The van der Waals surface area contributed by atoms with Gasteiger partial charge in [-0.1, -0.05) is 49.6 Å². The summed E-state index contributed by atoms with van der Waals surface area (Å²) >= 11 is 0. The summed E-state index contributed by atoms with van der Waals surface area (Å²) in [6.07, 6.45) is -0.792. The Labute approximate surface area is 116 Å². The van der Waals surface area contributed by atoms with Crippen LogP contribution in [0.2, 0.25) is 0 Å². The van der Waals surface area contributed by atoms with Crippen molar-refractivity contribution in [2.24, 2.45) is 5.92 Å². The summed E-state index contributed by atoms with van der Waals surface area (Å²) < 4.78 is 39.3. The summed E-state index contributed by atoms with van der Waals surface area (Å²) in [6, 6.07) is 8.30. The first-order chi connectivity index (χ1) is 9.48. The highest BCUT2D eigenvalue weighted by Crippen LogP contribution is 2.31. The molecule has 110 valence electrons. The second-order valence-corrected chi connectivity index (χ2v) is 5.21. The van der Waals surface area contributed by atoms with E-state index in [-0.39, 0.29) is 4.90 Å². The summed E-state index contributed by atoms with van der Waals surface area (Å²) in [5, 5.41) is 0. The SMILES string of the molecule is O=C(C1CCCCC1)N(Cc1ccccc1)C(F)(F)F. The molecule has 0 radical (unpaired) electrons. The molecule has 0 saturated heterocycles. The predicted molar refractivity (Wildman–Crippen MR) is 69.6 cm³/mol. The Balaban J connectivity index is 2.13. The highest BCUT2D eigenvalue weighted by Gasteiger charge is 2.43. The van der Waals surface area contributed by atoms with Crippen molar-refractivity contribution in [3.8, 4) is 0 Å². The van der Waals surface area contributed by atoms with Gasteiger partial charge in [0.2, 0.25) is 5.91 Å². The summed E-state index contributed by atoms with van der Waals surface area (Å²) in [4.78, 5) is 12.2. The molecule has 1 aliphatic carbocycles. The van der Waals surface area contributed by atoms with Crippen molar-refractivity contribution in [3.63, 3.8) is 0 Å². The summed E-state index contributed by atoms with van der Waals surface area (Å²) in [5.74, 6) is -1.25. The van der Waals surface area contributed by atoms with Gasteiger partial charge in [-0.3, -0.25) is 4.79 Å². The van der Waals surface area contributed by atoms with Crippen LogP contribution in [0.1, 0.15) is 37.7 Å². The molecule has 1 aliphatic rings. The third-order valence-electron chi connectivity index (χ3n) is 3.71. The maximum absolute atomic E-state index is 13.1. The third-order valence-corrected chi connectivity index (χ3v) is 3.71. The Morgan fingerprint density at radius 1 is 1.10 bits per heavy atom. The van der Waals surface area contributed by atoms with E-state index >= 15 is 0 Å². The summed E-state index contributed by atoms with van der Waals surface area (Å²) in [7, 11) is 0. The Morgan fingerprint density at radius 3 is 2.25 bits per heavy atom. The van der Waals surface area contributed by atoms with Crippen molar-refractivity contribution in [2.75, 3.05) is 0 Å².